The van der Waals surface area contributed by atoms with Gasteiger partial charge in [-0.1, -0.05) is 25.1 Å². The summed E-state index contributed by atoms with van der Waals surface area (Å²) in [7, 11) is 0. The first-order valence-electron chi connectivity index (χ1n) is 6.97. The van der Waals surface area contributed by atoms with E-state index in [1.807, 2.05) is 23.1 Å². The third-order valence-electron chi connectivity index (χ3n) is 3.81. The largest absolute Gasteiger partial charge is 0.366 e. The van der Waals surface area contributed by atoms with E-state index in [0.717, 1.165) is 25.2 Å². The zero-order valence-electron chi connectivity index (χ0n) is 11.3. The molecule has 0 aromatic heterocycles. The number of benzene rings is 1. The van der Waals surface area contributed by atoms with Gasteiger partial charge in [-0.05, 0) is 24.0 Å². The summed E-state index contributed by atoms with van der Waals surface area (Å²) in [6.07, 6.45) is 0.705. The Morgan fingerprint density at radius 2 is 2.26 bits per heavy atom. The zero-order chi connectivity index (χ0) is 13.2. The topological polar surface area (TPSA) is 41.6 Å². The number of hydrogen-bond donors (Lipinski definition) is 1. The fraction of sp³-hybridized carbons (Fsp3) is 0.533. The summed E-state index contributed by atoms with van der Waals surface area (Å²) < 4.78 is 5.59. The highest BCUT2D eigenvalue weighted by molar-refractivity contribution is 5.97. The van der Waals surface area contributed by atoms with E-state index in [-0.39, 0.29) is 12.0 Å². The maximum atomic E-state index is 12.6. The molecular formula is C15H20N2O2. The average Bonchev–Trinajstić information content (AvgIpc) is 2.46. The van der Waals surface area contributed by atoms with Gasteiger partial charge in [0.05, 0.1) is 6.61 Å². The number of nitrogens with zero attached hydrogens (tertiary/aromatic N) is 1. The van der Waals surface area contributed by atoms with E-state index >= 15 is 0 Å². The van der Waals surface area contributed by atoms with Crippen LogP contribution in [-0.4, -0.2) is 38.3 Å². The number of carbonyl (C=O) groups excluding carboxylic acids is 1. The van der Waals surface area contributed by atoms with Crippen molar-refractivity contribution in [3.05, 3.63) is 29.8 Å². The summed E-state index contributed by atoms with van der Waals surface area (Å²) in [5.41, 5.74) is 2.32. The minimum atomic E-state index is -0.341. The number of nitrogens with one attached hydrogen (secondary N) is 1. The number of ether oxygens (including phenoxy) is 1. The van der Waals surface area contributed by atoms with Crippen LogP contribution in [0.25, 0.3) is 0 Å². The van der Waals surface area contributed by atoms with Gasteiger partial charge in [0.15, 0.2) is 0 Å². The predicted octanol–water partition coefficient (Wildman–Crippen LogP) is 1.20. The summed E-state index contributed by atoms with van der Waals surface area (Å²) in [6.45, 7) is 5.04. The molecule has 4 heteroatoms. The second kappa shape index (κ2) is 5.31. The fourth-order valence-corrected chi connectivity index (χ4v) is 2.90. The minimum Gasteiger partial charge on any atom is -0.366 e. The molecular weight excluding hydrogens is 240 g/mol. The molecule has 1 aromatic carbocycles. The molecule has 0 saturated carbocycles. The van der Waals surface area contributed by atoms with Crippen LogP contribution in [0.15, 0.2) is 24.3 Å². The lowest BCUT2D eigenvalue weighted by atomic mass is 9.93. The first kappa shape index (κ1) is 12.6. The quantitative estimate of drug-likeness (QED) is 0.825. The Morgan fingerprint density at radius 3 is 3.05 bits per heavy atom. The second-order valence-electron chi connectivity index (χ2n) is 5.45. The van der Waals surface area contributed by atoms with E-state index in [0.29, 0.717) is 19.1 Å². The molecule has 1 amide bonds. The normalized spacial score (nSPS) is 26.9. The van der Waals surface area contributed by atoms with Crippen molar-refractivity contribution in [2.45, 2.75) is 19.4 Å². The van der Waals surface area contributed by atoms with Gasteiger partial charge in [-0.3, -0.25) is 4.79 Å². The molecule has 1 saturated heterocycles. The lowest BCUT2D eigenvalue weighted by Crippen LogP contribution is -2.51. The monoisotopic (exact) mass is 260 g/mol. The highest BCUT2D eigenvalue weighted by atomic mass is 16.5. The fourth-order valence-electron chi connectivity index (χ4n) is 2.90. The van der Waals surface area contributed by atoms with E-state index < -0.39 is 0 Å². The smallest absolute Gasteiger partial charge is 0.257 e. The number of anilines is 1. The second-order valence-corrected chi connectivity index (χ2v) is 5.45. The van der Waals surface area contributed by atoms with Gasteiger partial charge in [0.2, 0.25) is 0 Å². The first-order chi connectivity index (χ1) is 9.25. The number of para-hydroxylation sites is 1. The number of amides is 1. The predicted molar refractivity (Wildman–Crippen MR) is 74.3 cm³/mol. The van der Waals surface area contributed by atoms with Crippen LogP contribution in [0.4, 0.5) is 5.69 Å². The van der Waals surface area contributed by atoms with Crippen LogP contribution in [0.2, 0.25) is 0 Å². The summed E-state index contributed by atoms with van der Waals surface area (Å²) in [5.74, 6) is 0.585. The van der Waals surface area contributed by atoms with Gasteiger partial charge in [0.1, 0.15) is 6.10 Å². The summed E-state index contributed by atoms with van der Waals surface area (Å²) in [4.78, 5) is 14.5. The van der Waals surface area contributed by atoms with Gasteiger partial charge in [0, 0.05) is 25.3 Å². The van der Waals surface area contributed by atoms with Crippen LogP contribution in [0, 0.1) is 5.92 Å². The lowest BCUT2D eigenvalue weighted by molar-refractivity contribution is -0.131. The maximum Gasteiger partial charge on any atom is 0.257 e. The molecule has 1 N–H and O–H groups in total. The highest BCUT2D eigenvalue weighted by Gasteiger charge is 2.32. The third-order valence-corrected chi connectivity index (χ3v) is 3.81. The molecule has 0 aliphatic carbocycles. The van der Waals surface area contributed by atoms with Crippen LogP contribution in [0.3, 0.4) is 0 Å². The minimum absolute atomic E-state index is 0.0891. The molecule has 1 aromatic rings. The summed E-state index contributed by atoms with van der Waals surface area (Å²) in [5, 5.41) is 3.22. The third kappa shape index (κ3) is 2.51. The van der Waals surface area contributed by atoms with Gasteiger partial charge in [-0.15, -0.1) is 0 Å². The molecule has 4 nitrogen and oxygen atoms in total. The molecule has 2 heterocycles. The molecule has 0 unspecified atom stereocenters. The first-order valence-corrected chi connectivity index (χ1v) is 6.97. The van der Waals surface area contributed by atoms with E-state index in [2.05, 4.69) is 18.3 Å². The van der Waals surface area contributed by atoms with Crippen molar-refractivity contribution < 1.29 is 9.53 Å². The molecule has 0 radical (unpaired) electrons. The Labute approximate surface area is 113 Å². The Kier molecular flexibility index (Phi) is 3.53. The van der Waals surface area contributed by atoms with E-state index in [1.165, 1.54) is 5.56 Å². The van der Waals surface area contributed by atoms with Crippen molar-refractivity contribution in [1.82, 2.24) is 5.32 Å². The van der Waals surface area contributed by atoms with Crippen molar-refractivity contribution in [3.63, 3.8) is 0 Å². The van der Waals surface area contributed by atoms with E-state index in [9.17, 15) is 4.79 Å². The van der Waals surface area contributed by atoms with Gasteiger partial charge in [-0.25, -0.2) is 0 Å². The Morgan fingerprint density at radius 1 is 1.42 bits per heavy atom. The van der Waals surface area contributed by atoms with E-state index in [1.54, 1.807) is 0 Å². The maximum absolute atomic E-state index is 12.6. The highest BCUT2D eigenvalue weighted by Crippen LogP contribution is 2.30. The van der Waals surface area contributed by atoms with Crippen molar-refractivity contribution in [2.75, 3.05) is 31.1 Å². The molecule has 2 aliphatic heterocycles. The van der Waals surface area contributed by atoms with Gasteiger partial charge < -0.3 is 15.0 Å². The zero-order valence-corrected chi connectivity index (χ0v) is 11.3. The average molecular weight is 260 g/mol. The van der Waals surface area contributed by atoms with Gasteiger partial charge in [-0.2, -0.15) is 0 Å². The SMILES string of the molecule is C[C@@H]1Cc2ccccc2N(C(=O)[C@H]2CNCCO2)C1. The molecule has 2 atom stereocenters. The lowest BCUT2D eigenvalue weighted by Gasteiger charge is -2.36. The number of hydrogen-bond acceptors (Lipinski definition) is 3. The van der Waals surface area contributed by atoms with Crippen molar-refractivity contribution in [3.8, 4) is 0 Å². The van der Waals surface area contributed by atoms with Crippen LogP contribution in [-0.2, 0) is 16.0 Å². The van der Waals surface area contributed by atoms with Crippen LogP contribution < -0.4 is 10.2 Å². The standard InChI is InChI=1S/C15H20N2O2/c1-11-8-12-4-2-3-5-13(12)17(10-11)15(18)14-9-16-6-7-19-14/h2-5,11,14,16H,6-10H2,1H3/t11-,14-/m1/s1. The number of carbonyl (C=O) groups is 1. The molecule has 19 heavy (non-hydrogen) atoms. The van der Waals surface area contributed by atoms with Gasteiger partial charge in [0.25, 0.3) is 5.91 Å². The van der Waals surface area contributed by atoms with Crippen LogP contribution >= 0.6 is 0 Å². The van der Waals surface area contributed by atoms with Crippen molar-refractivity contribution in [1.29, 1.82) is 0 Å². The Balaban J connectivity index is 1.85. The molecule has 3 rings (SSSR count). The van der Waals surface area contributed by atoms with Crippen LogP contribution in [0.1, 0.15) is 12.5 Å². The number of morpholine rings is 1. The Bertz CT molecular complexity index is 469. The Hall–Kier alpha value is -1.39. The summed E-state index contributed by atoms with van der Waals surface area (Å²) >= 11 is 0. The number of rotatable bonds is 1. The van der Waals surface area contributed by atoms with E-state index in [4.69, 9.17) is 4.74 Å². The molecule has 1 fully saturated rings. The molecule has 2 aliphatic rings. The molecule has 0 bridgehead atoms. The molecule has 0 spiro atoms. The van der Waals surface area contributed by atoms with Crippen LogP contribution in [0.5, 0.6) is 0 Å². The molecule has 102 valence electrons. The number of fused-ring (bicyclic) bond motifs is 1. The van der Waals surface area contributed by atoms with Crippen molar-refractivity contribution in [2.24, 2.45) is 5.92 Å². The van der Waals surface area contributed by atoms with Gasteiger partial charge >= 0.3 is 0 Å². The van der Waals surface area contributed by atoms with Crippen molar-refractivity contribution >= 4 is 11.6 Å². The summed E-state index contributed by atoms with van der Waals surface area (Å²) in [6, 6.07) is 8.19.